The second-order valence-electron chi connectivity index (χ2n) is 3.51. The number of rotatable bonds is 5. The first-order chi connectivity index (χ1) is 8.43. The molecule has 0 aliphatic carbocycles. The summed E-state index contributed by atoms with van der Waals surface area (Å²) in [5.41, 5.74) is 0. The summed E-state index contributed by atoms with van der Waals surface area (Å²) in [6.07, 6.45) is -0.0936. The second kappa shape index (κ2) is 5.50. The number of esters is 1. The molecule has 0 fully saturated rings. The third kappa shape index (κ3) is 2.78. The van der Waals surface area contributed by atoms with Gasteiger partial charge in [0.25, 0.3) is 0 Å². The van der Waals surface area contributed by atoms with Crippen molar-refractivity contribution in [2.45, 2.75) is 19.1 Å². The van der Waals surface area contributed by atoms with Crippen molar-refractivity contribution >= 4 is 11.8 Å². The standard InChI is InChI=1S/C12H14O6/c1-3-10(14)12(16,11(15)17-2)18-9-6-4-8(13)5-7-9/h4-7,13,16H,3H2,1-2H3. The number of phenols is 1. The molecule has 6 nitrogen and oxygen atoms in total. The Morgan fingerprint density at radius 2 is 1.83 bits per heavy atom. The van der Waals surface area contributed by atoms with E-state index in [1.165, 1.54) is 31.2 Å². The minimum absolute atomic E-state index is 0.00854. The summed E-state index contributed by atoms with van der Waals surface area (Å²) in [6, 6.07) is 5.21. The number of carbonyl (C=O) groups excluding carboxylic acids is 2. The quantitative estimate of drug-likeness (QED) is 0.454. The Labute approximate surface area is 104 Å². The molecule has 0 bridgehead atoms. The average Bonchev–Trinajstić information content (AvgIpc) is 2.39. The average molecular weight is 254 g/mol. The summed E-state index contributed by atoms with van der Waals surface area (Å²) in [6.45, 7) is 1.48. The Morgan fingerprint density at radius 1 is 1.28 bits per heavy atom. The number of ether oxygens (including phenoxy) is 2. The first kappa shape index (κ1) is 14.0. The topological polar surface area (TPSA) is 93.1 Å². The SMILES string of the molecule is CCC(=O)C(O)(Oc1ccc(O)cc1)C(=O)OC. The van der Waals surface area contributed by atoms with Crippen molar-refractivity contribution in [3.63, 3.8) is 0 Å². The Morgan fingerprint density at radius 3 is 2.28 bits per heavy atom. The van der Waals surface area contributed by atoms with E-state index in [0.717, 1.165) is 7.11 Å². The number of ketones is 1. The van der Waals surface area contributed by atoms with Crippen LogP contribution in [-0.4, -0.2) is 34.9 Å². The molecule has 2 N–H and O–H groups in total. The van der Waals surface area contributed by atoms with E-state index >= 15 is 0 Å². The molecule has 1 unspecified atom stereocenters. The van der Waals surface area contributed by atoms with E-state index in [9.17, 15) is 14.7 Å². The molecule has 1 aromatic carbocycles. The lowest BCUT2D eigenvalue weighted by atomic mass is 10.1. The number of hydrogen-bond acceptors (Lipinski definition) is 6. The zero-order chi connectivity index (χ0) is 13.8. The number of carbonyl (C=O) groups is 2. The zero-order valence-electron chi connectivity index (χ0n) is 10.0. The Hall–Kier alpha value is -2.08. The number of benzene rings is 1. The Kier molecular flexibility index (Phi) is 4.28. The monoisotopic (exact) mass is 254 g/mol. The molecule has 0 radical (unpaired) electrons. The molecule has 98 valence electrons. The summed E-state index contributed by atoms with van der Waals surface area (Å²) < 4.78 is 9.33. The third-order valence-corrected chi connectivity index (χ3v) is 2.26. The Balaban J connectivity index is 3.02. The van der Waals surface area contributed by atoms with Crippen LogP contribution in [0, 0.1) is 0 Å². The minimum atomic E-state index is -2.67. The van der Waals surface area contributed by atoms with Crippen LogP contribution in [-0.2, 0) is 14.3 Å². The molecular weight excluding hydrogens is 240 g/mol. The van der Waals surface area contributed by atoms with Crippen LogP contribution in [0.4, 0.5) is 0 Å². The highest BCUT2D eigenvalue weighted by Crippen LogP contribution is 2.22. The van der Waals surface area contributed by atoms with Gasteiger partial charge in [-0.25, -0.2) is 4.79 Å². The number of Topliss-reactive ketones (excluding diaryl/α,β-unsaturated/α-hetero) is 1. The highest BCUT2D eigenvalue weighted by atomic mass is 16.7. The predicted octanol–water partition coefficient (Wildman–Crippen LogP) is 0.612. The summed E-state index contributed by atoms with van der Waals surface area (Å²) in [5.74, 6) is -4.63. The molecule has 0 aromatic heterocycles. The normalized spacial score (nSPS) is 13.5. The van der Waals surface area contributed by atoms with Crippen molar-refractivity contribution in [1.29, 1.82) is 0 Å². The van der Waals surface area contributed by atoms with Gasteiger partial charge in [-0.2, -0.15) is 0 Å². The number of aliphatic hydroxyl groups is 1. The van der Waals surface area contributed by atoms with Gasteiger partial charge in [-0.15, -0.1) is 0 Å². The van der Waals surface area contributed by atoms with Crippen LogP contribution in [0.2, 0.25) is 0 Å². The molecule has 6 heteroatoms. The van der Waals surface area contributed by atoms with E-state index in [4.69, 9.17) is 9.84 Å². The first-order valence-corrected chi connectivity index (χ1v) is 5.26. The van der Waals surface area contributed by atoms with E-state index < -0.39 is 17.5 Å². The van der Waals surface area contributed by atoms with Gasteiger partial charge >= 0.3 is 11.8 Å². The van der Waals surface area contributed by atoms with Crippen LogP contribution >= 0.6 is 0 Å². The van der Waals surface area contributed by atoms with E-state index in [1.54, 1.807) is 0 Å². The van der Waals surface area contributed by atoms with Crippen LogP contribution < -0.4 is 4.74 Å². The number of phenolic OH excluding ortho intramolecular Hbond substituents is 1. The molecule has 0 saturated heterocycles. The molecule has 0 aliphatic rings. The fourth-order valence-corrected chi connectivity index (χ4v) is 1.28. The van der Waals surface area contributed by atoms with Gasteiger partial charge in [-0.1, -0.05) is 6.92 Å². The lowest BCUT2D eigenvalue weighted by molar-refractivity contribution is -0.199. The van der Waals surface area contributed by atoms with Gasteiger partial charge < -0.3 is 19.7 Å². The smallest absolute Gasteiger partial charge is 0.387 e. The fourth-order valence-electron chi connectivity index (χ4n) is 1.28. The van der Waals surface area contributed by atoms with Crippen molar-refractivity contribution in [2.24, 2.45) is 0 Å². The zero-order valence-corrected chi connectivity index (χ0v) is 10.0. The first-order valence-electron chi connectivity index (χ1n) is 5.26. The van der Waals surface area contributed by atoms with Crippen molar-refractivity contribution in [3.05, 3.63) is 24.3 Å². The van der Waals surface area contributed by atoms with E-state index in [-0.39, 0.29) is 17.9 Å². The molecule has 1 rings (SSSR count). The largest absolute Gasteiger partial charge is 0.508 e. The van der Waals surface area contributed by atoms with Crippen LogP contribution in [0.15, 0.2) is 24.3 Å². The van der Waals surface area contributed by atoms with Crippen molar-refractivity contribution in [1.82, 2.24) is 0 Å². The van der Waals surface area contributed by atoms with Gasteiger partial charge in [0, 0.05) is 6.42 Å². The van der Waals surface area contributed by atoms with Gasteiger partial charge in [0.1, 0.15) is 11.5 Å². The van der Waals surface area contributed by atoms with E-state index in [1.807, 2.05) is 0 Å². The number of methoxy groups -OCH3 is 1. The molecule has 1 atom stereocenters. The maximum absolute atomic E-state index is 11.6. The van der Waals surface area contributed by atoms with Crippen molar-refractivity contribution in [2.75, 3.05) is 7.11 Å². The Bertz CT molecular complexity index is 420. The predicted molar refractivity (Wildman–Crippen MR) is 61.0 cm³/mol. The summed E-state index contributed by atoms with van der Waals surface area (Å²) in [7, 11) is 1.04. The van der Waals surface area contributed by atoms with E-state index in [0.29, 0.717) is 0 Å². The maximum atomic E-state index is 11.6. The second-order valence-corrected chi connectivity index (χ2v) is 3.51. The van der Waals surface area contributed by atoms with E-state index in [2.05, 4.69) is 4.74 Å². The maximum Gasteiger partial charge on any atom is 0.387 e. The summed E-state index contributed by atoms with van der Waals surface area (Å²) >= 11 is 0. The molecular formula is C12H14O6. The van der Waals surface area contributed by atoms with Gasteiger partial charge in [-0.3, -0.25) is 4.79 Å². The third-order valence-electron chi connectivity index (χ3n) is 2.26. The molecule has 0 spiro atoms. The van der Waals surface area contributed by atoms with Gasteiger partial charge in [0.15, 0.2) is 0 Å². The van der Waals surface area contributed by atoms with Gasteiger partial charge in [0.05, 0.1) is 7.11 Å². The number of aromatic hydroxyl groups is 1. The molecule has 1 aromatic rings. The minimum Gasteiger partial charge on any atom is -0.508 e. The summed E-state index contributed by atoms with van der Waals surface area (Å²) in [4.78, 5) is 23.0. The van der Waals surface area contributed by atoms with Crippen LogP contribution in [0.3, 0.4) is 0 Å². The fraction of sp³-hybridized carbons (Fsp3) is 0.333. The highest BCUT2D eigenvalue weighted by molar-refractivity contribution is 6.05. The molecule has 0 aliphatic heterocycles. The lowest BCUT2D eigenvalue weighted by Crippen LogP contribution is -2.52. The van der Waals surface area contributed by atoms with Crippen molar-refractivity contribution in [3.8, 4) is 11.5 Å². The molecule has 0 saturated carbocycles. The van der Waals surface area contributed by atoms with Crippen LogP contribution in [0.5, 0.6) is 11.5 Å². The van der Waals surface area contributed by atoms with Gasteiger partial charge in [0.2, 0.25) is 5.78 Å². The van der Waals surface area contributed by atoms with Crippen LogP contribution in [0.1, 0.15) is 13.3 Å². The highest BCUT2D eigenvalue weighted by Gasteiger charge is 2.47. The van der Waals surface area contributed by atoms with Crippen LogP contribution in [0.25, 0.3) is 0 Å². The number of hydrogen-bond donors (Lipinski definition) is 2. The van der Waals surface area contributed by atoms with Gasteiger partial charge in [-0.05, 0) is 24.3 Å². The lowest BCUT2D eigenvalue weighted by Gasteiger charge is -2.24. The molecule has 18 heavy (non-hydrogen) atoms. The molecule has 0 heterocycles. The summed E-state index contributed by atoms with van der Waals surface area (Å²) in [5, 5.41) is 19.1. The molecule has 0 amide bonds. The van der Waals surface area contributed by atoms with Crippen molar-refractivity contribution < 1.29 is 29.3 Å².